The average Bonchev–Trinajstić information content (AvgIpc) is 2.22. The summed E-state index contributed by atoms with van der Waals surface area (Å²) in [7, 11) is 0. The van der Waals surface area contributed by atoms with Gasteiger partial charge in [-0.3, -0.25) is 29.0 Å². The fraction of sp³-hybridized carbons (Fsp3) is 0.600. The molecule has 10 nitrogen and oxygen atoms in total. The molecule has 0 saturated heterocycles. The largest absolute Gasteiger partial charge is 0.480 e. The molecule has 118 valence electrons. The Morgan fingerprint density at radius 2 is 0.667 bits per heavy atom. The molecule has 4 N–H and O–H groups in total. The zero-order valence-electron chi connectivity index (χ0n) is 14.6. The summed E-state index contributed by atoms with van der Waals surface area (Å²) in [4.78, 5) is 44.4. The van der Waals surface area contributed by atoms with Gasteiger partial charge in [0.15, 0.2) is 0 Å². The Morgan fingerprint density at radius 3 is 0.792 bits per heavy atom. The van der Waals surface area contributed by atoms with E-state index in [1.807, 2.05) is 0 Å². The van der Waals surface area contributed by atoms with Gasteiger partial charge in [0.2, 0.25) is 0 Å². The number of hydrogen-bond acceptors (Lipinski definition) is 6. The van der Waals surface area contributed by atoms with Gasteiger partial charge in [0.1, 0.15) is 0 Å². The van der Waals surface area contributed by atoms with E-state index in [-0.39, 0.29) is 219 Å². The zero-order valence-corrected chi connectivity index (χ0v) is 27.1. The van der Waals surface area contributed by atoms with Crippen LogP contribution in [-0.4, -0.2) is 299 Å². The minimum Gasteiger partial charge on any atom is -0.480 e. The van der Waals surface area contributed by atoms with E-state index in [0.717, 1.165) is 9.80 Å². The van der Waals surface area contributed by atoms with E-state index in [1.54, 1.807) is 0 Å². The maximum absolute atomic E-state index is 10.6. The molecule has 4 radical (unpaired) electrons. The van der Waals surface area contributed by atoms with Crippen LogP contribution < -0.4 is 0 Å². The number of rotatable bonds is 11. The number of nitrogens with zero attached hydrogens (tertiary/aromatic N) is 2. The van der Waals surface area contributed by atoms with E-state index in [4.69, 9.17) is 20.4 Å². The summed E-state index contributed by atoms with van der Waals surface area (Å²) < 4.78 is 0. The van der Waals surface area contributed by atoms with Gasteiger partial charge in [-0.05, 0) is 0 Å². The summed E-state index contributed by atoms with van der Waals surface area (Å²) >= 11 is 0. The first-order valence-corrected chi connectivity index (χ1v) is 5.52. The summed E-state index contributed by atoms with van der Waals surface area (Å²) in [5, 5.41) is 34.5. The number of hydrogen-bond donors (Lipinski definition) is 4. The van der Waals surface area contributed by atoms with Crippen molar-refractivity contribution in [1.82, 2.24) is 9.80 Å². The second-order valence-electron chi connectivity index (χ2n) is 4.00. The third-order valence-corrected chi connectivity index (χ3v) is 2.17. The quantitative estimate of drug-likeness (QED) is 0.233. The molecular weight excluding hydrogens is 433 g/mol. The van der Waals surface area contributed by atoms with Crippen molar-refractivity contribution in [2.75, 3.05) is 39.3 Å². The fourth-order valence-electron chi connectivity index (χ4n) is 1.48. The summed E-state index contributed by atoms with van der Waals surface area (Å²) in [5.74, 6) is -4.91. The molecule has 24 heavy (non-hydrogen) atoms. The van der Waals surface area contributed by atoms with Crippen molar-refractivity contribution in [2.24, 2.45) is 0 Å². The minimum absolute atomic E-state index is 0. The summed E-state index contributed by atoms with van der Waals surface area (Å²) in [6.45, 7) is -2.25. The van der Waals surface area contributed by atoms with E-state index < -0.39 is 50.1 Å². The molecule has 0 aromatic rings. The van der Waals surface area contributed by atoms with Gasteiger partial charge >= 0.3 is 23.9 Å². The zero-order chi connectivity index (χ0) is 15.7. The third-order valence-electron chi connectivity index (χ3n) is 2.17. The van der Waals surface area contributed by atoms with E-state index in [2.05, 4.69) is 0 Å². The molecule has 0 aliphatic rings. The molecular formula is C10H16K4N2O8. The molecule has 0 aliphatic heterocycles. The van der Waals surface area contributed by atoms with Crippen molar-refractivity contribution in [2.45, 2.75) is 0 Å². The molecule has 14 heteroatoms. The second kappa shape index (κ2) is 23.6. The summed E-state index contributed by atoms with van der Waals surface area (Å²) in [5.41, 5.74) is 0. The van der Waals surface area contributed by atoms with Crippen LogP contribution in [0.4, 0.5) is 0 Å². The van der Waals surface area contributed by atoms with E-state index in [9.17, 15) is 19.2 Å². The summed E-state index contributed by atoms with van der Waals surface area (Å²) in [6, 6.07) is 0. The first kappa shape index (κ1) is 38.9. The number of carboxylic acid groups (broad SMARTS) is 4. The SMILES string of the molecule is O=C(O)CN(CCN(CC(=O)O)CC(=O)O)CC(=O)O.[K].[K].[K].[K]. The van der Waals surface area contributed by atoms with Crippen LogP contribution in [0.2, 0.25) is 0 Å². The van der Waals surface area contributed by atoms with E-state index in [0.29, 0.717) is 0 Å². The van der Waals surface area contributed by atoms with Crippen LogP contribution in [0, 0.1) is 0 Å². The Morgan fingerprint density at radius 1 is 0.500 bits per heavy atom. The Labute approximate surface area is 309 Å². The van der Waals surface area contributed by atoms with Crippen LogP contribution in [0.25, 0.3) is 0 Å². The first-order valence-electron chi connectivity index (χ1n) is 5.52. The molecule has 0 aromatic heterocycles. The van der Waals surface area contributed by atoms with Crippen LogP contribution in [0.1, 0.15) is 0 Å². The van der Waals surface area contributed by atoms with Gasteiger partial charge in [-0.2, -0.15) is 0 Å². The molecule has 0 rings (SSSR count). The maximum Gasteiger partial charge on any atom is 0.317 e. The second-order valence-corrected chi connectivity index (χ2v) is 4.00. The Bertz CT molecular complexity index is 331. The maximum atomic E-state index is 10.6. The Hall–Kier alpha value is 4.35. The van der Waals surface area contributed by atoms with Crippen molar-refractivity contribution in [3.8, 4) is 0 Å². The Kier molecular flexibility index (Phi) is 38.3. The number of aliphatic carboxylic acids is 4. The van der Waals surface area contributed by atoms with Crippen molar-refractivity contribution in [3.63, 3.8) is 0 Å². The van der Waals surface area contributed by atoms with Crippen molar-refractivity contribution in [3.05, 3.63) is 0 Å². The number of carbonyl (C=O) groups is 4. The van der Waals surface area contributed by atoms with Crippen LogP contribution >= 0.6 is 0 Å². The molecule has 0 spiro atoms. The molecule has 0 heterocycles. The third kappa shape index (κ3) is 26.3. The van der Waals surface area contributed by atoms with Crippen LogP contribution in [0.5, 0.6) is 0 Å². The van der Waals surface area contributed by atoms with Gasteiger partial charge in [0.25, 0.3) is 0 Å². The normalized spacial score (nSPS) is 8.92. The Balaban J connectivity index is -0.000000301. The first-order chi connectivity index (χ1) is 9.20. The van der Waals surface area contributed by atoms with E-state index in [1.165, 1.54) is 0 Å². The monoisotopic (exact) mass is 448 g/mol. The summed E-state index contributed by atoms with van der Waals surface area (Å²) in [6.07, 6.45) is 0. The van der Waals surface area contributed by atoms with Gasteiger partial charge in [-0.1, -0.05) is 0 Å². The molecule has 0 fully saturated rings. The van der Waals surface area contributed by atoms with Gasteiger partial charge in [0.05, 0.1) is 26.2 Å². The van der Waals surface area contributed by atoms with Crippen LogP contribution in [-0.2, 0) is 19.2 Å². The molecule has 0 atom stereocenters. The fourth-order valence-corrected chi connectivity index (χ4v) is 1.48. The predicted octanol–water partition coefficient (Wildman–Crippen LogP) is -3.59. The predicted molar refractivity (Wildman–Crippen MR) is 86.4 cm³/mol. The number of carboxylic acids is 4. The molecule has 0 aliphatic carbocycles. The van der Waals surface area contributed by atoms with Crippen LogP contribution in [0.3, 0.4) is 0 Å². The minimum atomic E-state index is -1.23. The smallest absolute Gasteiger partial charge is 0.317 e. The van der Waals surface area contributed by atoms with Crippen LogP contribution in [0.15, 0.2) is 0 Å². The van der Waals surface area contributed by atoms with Crippen molar-refractivity contribution >= 4 is 229 Å². The van der Waals surface area contributed by atoms with Crippen molar-refractivity contribution in [1.29, 1.82) is 0 Å². The van der Waals surface area contributed by atoms with Gasteiger partial charge in [-0.15, -0.1) is 0 Å². The van der Waals surface area contributed by atoms with Gasteiger partial charge in [-0.25, -0.2) is 0 Å². The van der Waals surface area contributed by atoms with Gasteiger partial charge < -0.3 is 20.4 Å². The topological polar surface area (TPSA) is 156 Å². The molecule has 0 amide bonds. The molecule has 0 unspecified atom stereocenters. The standard InChI is InChI=1S/C10H16N2O8.4K/c13-7(14)3-11(4-8(15)16)1-2-12(5-9(17)18)6-10(19)20;;;;/h1-6H2,(H,13,14)(H,15,16)(H,17,18)(H,19,20);;;;. The molecule has 0 aromatic carbocycles. The van der Waals surface area contributed by atoms with E-state index >= 15 is 0 Å². The average molecular weight is 449 g/mol. The molecule has 0 bridgehead atoms. The van der Waals surface area contributed by atoms with Gasteiger partial charge in [0, 0.05) is 219 Å². The van der Waals surface area contributed by atoms with Crippen molar-refractivity contribution < 1.29 is 39.6 Å². The molecule has 0 saturated carbocycles.